The second kappa shape index (κ2) is 12.5. The lowest BCUT2D eigenvalue weighted by Crippen LogP contribution is -2.08. The molecule has 0 radical (unpaired) electrons. The van der Waals surface area contributed by atoms with Crippen LogP contribution in [0.5, 0.6) is 0 Å². The maximum absolute atomic E-state index is 4.58. The second-order valence-corrected chi connectivity index (χ2v) is 8.43. The molecule has 0 saturated carbocycles. The third-order valence-corrected chi connectivity index (χ3v) is 5.93. The lowest BCUT2D eigenvalue weighted by Gasteiger charge is -2.10. The standard InChI is InChI=1S/C14H16N5P.C9H20/c1-10-6-13(16-8-11-4-3-5-15-7-11)19-14(18-10)12(20-2)9-17-19;1-4-7-9(6-3)8-5-2/h3-7,9,16,20H,8H2,1-2H3;9H,4-8H2,1-3H3. The Bertz CT molecular complexity index is 841. The summed E-state index contributed by atoms with van der Waals surface area (Å²) in [5.74, 6) is 1.97. The van der Waals surface area contributed by atoms with Crippen LogP contribution in [-0.4, -0.2) is 26.2 Å². The molecule has 0 amide bonds. The van der Waals surface area contributed by atoms with Gasteiger partial charge in [-0.3, -0.25) is 4.98 Å². The van der Waals surface area contributed by atoms with Gasteiger partial charge in [-0.05, 0) is 31.1 Å². The minimum atomic E-state index is 0.692. The lowest BCUT2D eigenvalue weighted by atomic mass is 9.96. The maximum atomic E-state index is 4.58. The molecular formula is C23H36N5P. The van der Waals surface area contributed by atoms with Gasteiger partial charge in [0.25, 0.3) is 0 Å². The van der Waals surface area contributed by atoms with Crippen molar-refractivity contribution in [1.29, 1.82) is 0 Å². The summed E-state index contributed by atoms with van der Waals surface area (Å²) < 4.78 is 1.87. The van der Waals surface area contributed by atoms with Gasteiger partial charge >= 0.3 is 0 Å². The Balaban J connectivity index is 0.000000284. The van der Waals surface area contributed by atoms with Crippen molar-refractivity contribution in [3.8, 4) is 0 Å². The van der Waals surface area contributed by atoms with Crippen LogP contribution in [0.25, 0.3) is 5.65 Å². The van der Waals surface area contributed by atoms with Crippen LogP contribution in [0, 0.1) is 12.8 Å². The first kappa shape index (κ1) is 23.3. The van der Waals surface area contributed by atoms with E-state index in [0.717, 1.165) is 35.2 Å². The smallest absolute Gasteiger partial charge is 0.164 e. The van der Waals surface area contributed by atoms with Crippen molar-refractivity contribution in [1.82, 2.24) is 19.6 Å². The molecule has 0 aliphatic heterocycles. The van der Waals surface area contributed by atoms with Gasteiger partial charge in [0.15, 0.2) is 5.65 Å². The predicted octanol–water partition coefficient (Wildman–Crippen LogP) is 5.59. The van der Waals surface area contributed by atoms with Crippen LogP contribution in [0.1, 0.15) is 64.1 Å². The molecule has 3 heterocycles. The van der Waals surface area contributed by atoms with Gasteiger partial charge in [-0.15, -0.1) is 0 Å². The van der Waals surface area contributed by atoms with Crippen LogP contribution in [0.15, 0.2) is 36.8 Å². The zero-order valence-electron chi connectivity index (χ0n) is 18.6. The molecule has 29 heavy (non-hydrogen) atoms. The maximum Gasteiger partial charge on any atom is 0.164 e. The first-order chi connectivity index (χ1) is 14.1. The Morgan fingerprint density at radius 2 is 1.90 bits per heavy atom. The monoisotopic (exact) mass is 413 g/mol. The molecule has 0 spiro atoms. The number of nitrogens with zero attached hydrogens (tertiary/aromatic N) is 4. The van der Waals surface area contributed by atoms with E-state index < -0.39 is 0 Å². The SMILES string of the molecule is CCCC(CC)CCC.CPc1cnn2c(NCc3cccnc3)cc(C)nc12. The molecule has 6 heteroatoms. The van der Waals surface area contributed by atoms with E-state index in [4.69, 9.17) is 0 Å². The molecule has 158 valence electrons. The quantitative estimate of drug-likeness (QED) is 0.465. The fourth-order valence-corrected chi connectivity index (χ4v) is 4.02. The van der Waals surface area contributed by atoms with Crippen LogP contribution in [0.3, 0.4) is 0 Å². The Morgan fingerprint density at radius 3 is 2.48 bits per heavy atom. The number of anilines is 1. The molecule has 1 N–H and O–H groups in total. The van der Waals surface area contributed by atoms with Gasteiger partial charge in [-0.25, -0.2) is 4.98 Å². The van der Waals surface area contributed by atoms with Crippen LogP contribution in [-0.2, 0) is 6.54 Å². The van der Waals surface area contributed by atoms with E-state index in [1.165, 1.54) is 37.4 Å². The summed E-state index contributed by atoms with van der Waals surface area (Å²) in [6.45, 7) is 11.7. The molecule has 3 aromatic heterocycles. The van der Waals surface area contributed by atoms with Crippen molar-refractivity contribution in [3.63, 3.8) is 0 Å². The zero-order chi connectivity index (χ0) is 21.1. The molecule has 1 unspecified atom stereocenters. The summed E-state index contributed by atoms with van der Waals surface area (Å²) in [6.07, 6.45) is 12.5. The van der Waals surface area contributed by atoms with Crippen LogP contribution >= 0.6 is 8.58 Å². The Hall–Kier alpha value is -2.00. The van der Waals surface area contributed by atoms with E-state index in [-0.39, 0.29) is 0 Å². The molecule has 3 aromatic rings. The number of aryl methyl sites for hydroxylation is 1. The molecule has 0 saturated heterocycles. The minimum absolute atomic E-state index is 0.692. The predicted molar refractivity (Wildman–Crippen MR) is 127 cm³/mol. The average Bonchev–Trinajstić information content (AvgIpc) is 3.16. The number of hydrogen-bond acceptors (Lipinski definition) is 4. The zero-order valence-corrected chi connectivity index (χ0v) is 19.6. The Labute approximate surface area is 177 Å². The molecule has 0 fully saturated rings. The fourth-order valence-electron chi connectivity index (χ4n) is 3.45. The van der Waals surface area contributed by atoms with Crippen molar-refractivity contribution in [3.05, 3.63) is 48.0 Å². The van der Waals surface area contributed by atoms with E-state index in [9.17, 15) is 0 Å². The van der Waals surface area contributed by atoms with E-state index >= 15 is 0 Å². The summed E-state index contributed by atoms with van der Waals surface area (Å²) in [6, 6.07) is 6.00. The summed E-state index contributed by atoms with van der Waals surface area (Å²) in [7, 11) is 0.692. The molecule has 0 aliphatic carbocycles. The topological polar surface area (TPSA) is 55.1 Å². The molecule has 5 nitrogen and oxygen atoms in total. The highest BCUT2D eigenvalue weighted by molar-refractivity contribution is 7.46. The summed E-state index contributed by atoms with van der Waals surface area (Å²) in [5.41, 5.74) is 3.07. The van der Waals surface area contributed by atoms with Gasteiger partial charge in [-0.1, -0.05) is 67.5 Å². The molecule has 1 atom stereocenters. The highest BCUT2D eigenvalue weighted by Crippen LogP contribution is 2.17. The van der Waals surface area contributed by atoms with E-state index in [1.807, 2.05) is 42.0 Å². The van der Waals surface area contributed by atoms with Crippen molar-refractivity contribution >= 4 is 25.4 Å². The van der Waals surface area contributed by atoms with Gasteiger partial charge in [0.1, 0.15) is 5.82 Å². The summed E-state index contributed by atoms with van der Waals surface area (Å²) >= 11 is 0. The number of fused-ring (bicyclic) bond motifs is 1. The highest BCUT2D eigenvalue weighted by atomic mass is 31.1. The van der Waals surface area contributed by atoms with Crippen LogP contribution < -0.4 is 10.6 Å². The highest BCUT2D eigenvalue weighted by Gasteiger charge is 2.09. The van der Waals surface area contributed by atoms with Gasteiger partial charge in [0.2, 0.25) is 0 Å². The molecule has 3 rings (SSSR count). The average molecular weight is 414 g/mol. The first-order valence-corrected chi connectivity index (χ1v) is 12.3. The van der Waals surface area contributed by atoms with Gasteiger partial charge in [-0.2, -0.15) is 9.61 Å². The van der Waals surface area contributed by atoms with Crippen molar-refractivity contribution in [2.45, 2.75) is 66.3 Å². The van der Waals surface area contributed by atoms with Crippen molar-refractivity contribution in [2.75, 3.05) is 12.0 Å². The molecular weight excluding hydrogens is 377 g/mol. The number of nitrogens with one attached hydrogen (secondary N) is 1. The minimum Gasteiger partial charge on any atom is -0.366 e. The molecule has 0 aromatic carbocycles. The third-order valence-electron chi connectivity index (χ3n) is 5.04. The van der Waals surface area contributed by atoms with Crippen LogP contribution in [0.4, 0.5) is 5.82 Å². The van der Waals surface area contributed by atoms with Gasteiger partial charge in [0.05, 0.1) is 6.20 Å². The third kappa shape index (κ3) is 7.08. The van der Waals surface area contributed by atoms with Crippen molar-refractivity contribution in [2.24, 2.45) is 5.92 Å². The number of pyridine rings is 1. The first-order valence-electron chi connectivity index (χ1n) is 10.8. The number of rotatable bonds is 9. The molecule has 0 aliphatic rings. The Morgan fingerprint density at radius 1 is 1.14 bits per heavy atom. The molecule has 0 bridgehead atoms. The second-order valence-electron chi connectivity index (χ2n) is 7.39. The van der Waals surface area contributed by atoms with Crippen LogP contribution in [0.2, 0.25) is 0 Å². The van der Waals surface area contributed by atoms with E-state index in [1.54, 1.807) is 6.20 Å². The number of aromatic nitrogens is 4. The Kier molecular flexibility index (Phi) is 10.1. The van der Waals surface area contributed by atoms with Crippen molar-refractivity contribution < 1.29 is 0 Å². The largest absolute Gasteiger partial charge is 0.366 e. The van der Waals surface area contributed by atoms with E-state index in [0.29, 0.717) is 8.58 Å². The van der Waals surface area contributed by atoms with Gasteiger partial charge < -0.3 is 5.32 Å². The normalized spacial score (nSPS) is 11.2. The number of hydrogen-bond donors (Lipinski definition) is 1. The fraction of sp³-hybridized carbons (Fsp3) is 0.522. The van der Waals surface area contributed by atoms with E-state index in [2.05, 4.69) is 47.8 Å². The lowest BCUT2D eigenvalue weighted by molar-refractivity contribution is 0.427. The van der Waals surface area contributed by atoms with Gasteiger partial charge in [0, 0.05) is 36.0 Å². The summed E-state index contributed by atoms with van der Waals surface area (Å²) in [4.78, 5) is 8.70. The summed E-state index contributed by atoms with van der Waals surface area (Å²) in [5, 5.41) is 9.02.